The lowest BCUT2D eigenvalue weighted by Gasteiger charge is -2.13. The van der Waals surface area contributed by atoms with E-state index in [-0.39, 0.29) is 6.61 Å². The van der Waals surface area contributed by atoms with Crippen LogP contribution in [0.15, 0.2) is 36.9 Å². The molecule has 2 aromatic heterocycles. The summed E-state index contributed by atoms with van der Waals surface area (Å²) in [7, 11) is 0. The van der Waals surface area contributed by atoms with Crippen LogP contribution in [0.5, 0.6) is 5.75 Å². The van der Waals surface area contributed by atoms with E-state index in [2.05, 4.69) is 15.0 Å². The van der Waals surface area contributed by atoms with Crippen molar-refractivity contribution in [3.63, 3.8) is 0 Å². The molecular weight excluding hydrogens is 306 g/mol. The first-order chi connectivity index (χ1) is 10.6. The van der Waals surface area contributed by atoms with E-state index < -0.39 is 6.10 Å². The summed E-state index contributed by atoms with van der Waals surface area (Å²) < 4.78 is 7.22. The van der Waals surface area contributed by atoms with Crippen LogP contribution in [0.3, 0.4) is 0 Å². The van der Waals surface area contributed by atoms with Crippen molar-refractivity contribution in [3.05, 3.63) is 41.9 Å². The number of imidazole rings is 1. The van der Waals surface area contributed by atoms with Crippen molar-refractivity contribution in [3.8, 4) is 5.75 Å². The largest absolute Gasteiger partial charge is 0.491 e. The molecule has 0 fully saturated rings. The molecule has 0 radical (unpaired) electrons. The van der Waals surface area contributed by atoms with Crippen LogP contribution in [-0.2, 0) is 6.54 Å². The normalized spacial score (nSPS) is 12.5. The Kier molecular flexibility index (Phi) is 4.08. The minimum Gasteiger partial charge on any atom is -0.491 e. The first kappa shape index (κ1) is 14.6. The minimum absolute atomic E-state index is 0.141. The Morgan fingerprint density at radius 1 is 1.23 bits per heavy atom. The Hall–Kier alpha value is -2.38. The van der Waals surface area contributed by atoms with Crippen LogP contribution in [0, 0.1) is 0 Å². The molecule has 1 atom stereocenters. The Bertz CT molecular complexity index is 775. The molecule has 0 aliphatic rings. The van der Waals surface area contributed by atoms with Crippen LogP contribution >= 0.6 is 11.6 Å². The zero-order valence-corrected chi connectivity index (χ0v) is 12.3. The fourth-order valence-corrected chi connectivity index (χ4v) is 2.16. The quantitative estimate of drug-likeness (QED) is 0.739. The minimum atomic E-state index is -0.718. The summed E-state index contributed by atoms with van der Waals surface area (Å²) in [5.74, 6) is 0.959. The highest BCUT2D eigenvalue weighted by Crippen LogP contribution is 2.17. The first-order valence-electron chi connectivity index (χ1n) is 6.61. The van der Waals surface area contributed by atoms with Gasteiger partial charge in [0, 0.05) is 5.02 Å². The van der Waals surface area contributed by atoms with Crippen molar-refractivity contribution >= 4 is 28.6 Å². The van der Waals surface area contributed by atoms with Crippen LogP contribution in [-0.4, -0.2) is 37.3 Å². The van der Waals surface area contributed by atoms with Gasteiger partial charge in [-0.1, -0.05) is 11.6 Å². The number of aliphatic hydroxyl groups is 1. The van der Waals surface area contributed by atoms with Gasteiger partial charge in [0.15, 0.2) is 11.5 Å². The molecule has 0 spiro atoms. The van der Waals surface area contributed by atoms with E-state index in [1.165, 1.54) is 6.33 Å². The Morgan fingerprint density at radius 3 is 2.77 bits per heavy atom. The standard InChI is InChI=1S/C14H14ClN5O2/c15-9-1-3-11(4-2-9)22-6-10(21)5-20-8-19-12-13(16)17-7-18-14(12)20/h1-4,7-8,10,21H,5-6H2,(H2,16,17,18). The average Bonchev–Trinajstić information content (AvgIpc) is 2.91. The molecule has 1 unspecified atom stereocenters. The number of aliphatic hydroxyl groups excluding tert-OH is 1. The number of nitrogens with zero attached hydrogens (tertiary/aromatic N) is 4. The van der Waals surface area contributed by atoms with Gasteiger partial charge in [0.05, 0.1) is 12.9 Å². The van der Waals surface area contributed by atoms with E-state index in [0.717, 1.165) is 0 Å². The summed E-state index contributed by atoms with van der Waals surface area (Å²) in [5.41, 5.74) is 6.83. The van der Waals surface area contributed by atoms with E-state index in [0.29, 0.717) is 34.3 Å². The molecule has 1 aromatic carbocycles. The number of ether oxygens (including phenoxy) is 1. The molecule has 0 amide bonds. The van der Waals surface area contributed by atoms with Gasteiger partial charge < -0.3 is 20.1 Å². The maximum absolute atomic E-state index is 10.1. The van der Waals surface area contributed by atoms with E-state index in [1.54, 1.807) is 35.2 Å². The fourth-order valence-electron chi connectivity index (χ4n) is 2.04. The third kappa shape index (κ3) is 3.10. The molecule has 2 heterocycles. The van der Waals surface area contributed by atoms with Crippen molar-refractivity contribution in [2.45, 2.75) is 12.6 Å². The fraction of sp³-hybridized carbons (Fsp3) is 0.214. The lowest BCUT2D eigenvalue weighted by Crippen LogP contribution is -2.23. The monoisotopic (exact) mass is 319 g/mol. The molecule has 22 heavy (non-hydrogen) atoms. The highest BCUT2D eigenvalue weighted by molar-refractivity contribution is 6.30. The van der Waals surface area contributed by atoms with Crippen molar-refractivity contribution in [2.75, 3.05) is 12.3 Å². The maximum Gasteiger partial charge on any atom is 0.165 e. The second-order valence-electron chi connectivity index (χ2n) is 4.75. The third-order valence-corrected chi connectivity index (χ3v) is 3.34. The Balaban J connectivity index is 1.64. The molecule has 3 rings (SSSR count). The Morgan fingerprint density at radius 2 is 2.00 bits per heavy atom. The zero-order chi connectivity index (χ0) is 15.5. The van der Waals surface area contributed by atoms with Crippen molar-refractivity contribution in [2.24, 2.45) is 0 Å². The summed E-state index contributed by atoms with van der Waals surface area (Å²) >= 11 is 5.80. The zero-order valence-electron chi connectivity index (χ0n) is 11.6. The second-order valence-corrected chi connectivity index (χ2v) is 5.18. The molecular formula is C14H14ClN5O2. The Labute approximate surface area is 131 Å². The molecule has 3 N–H and O–H groups in total. The second kappa shape index (κ2) is 6.17. The van der Waals surface area contributed by atoms with Crippen molar-refractivity contribution < 1.29 is 9.84 Å². The van der Waals surface area contributed by atoms with Gasteiger partial charge >= 0.3 is 0 Å². The number of nitrogen functional groups attached to an aromatic ring is 1. The summed E-state index contributed by atoms with van der Waals surface area (Å²) in [5, 5.41) is 10.7. The first-order valence-corrected chi connectivity index (χ1v) is 6.99. The molecule has 0 saturated carbocycles. The molecule has 0 aliphatic carbocycles. The summed E-state index contributed by atoms with van der Waals surface area (Å²) in [6.07, 6.45) is 2.22. The topological polar surface area (TPSA) is 99.1 Å². The lowest BCUT2D eigenvalue weighted by atomic mass is 10.3. The number of hydrogen-bond acceptors (Lipinski definition) is 6. The van der Waals surface area contributed by atoms with Gasteiger partial charge in [-0.2, -0.15) is 0 Å². The van der Waals surface area contributed by atoms with E-state index in [4.69, 9.17) is 22.1 Å². The molecule has 0 saturated heterocycles. The lowest BCUT2D eigenvalue weighted by molar-refractivity contribution is 0.0933. The number of anilines is 1. The van der Waals surface area contributed by atoms with Crippen LogP contribution in [0.2, 0.25) is 5.02 Å². The molecule has 8 heteroatoms. The highest BCUT2D eigenvalue weighted by Gasteiger charge is 2.12. The number of aromatic nitrogens is 4. The van der Waals surface area contributed by atoms with Crippen LogP contribution < -0.4 is 10.5 Å². The van der Waals surface area contributed by atoms with Crippen LogP contribution in [0.4, 0.5) is 5.82 Å². The van der Waals surface area contributed by atoms with Crippen LogP contribution in [0.25, 0.3) is 11.2 Å². The molecule has 3 aromatic rings. The number of fused-ring (bicyclic) bond motifs is 1. The number of rotatable bonds is 5. The molecule has 7 nitrogen and oxygen atoms in total. The van der Waals surface area contributed by atoms with Gasteiger partial charge in [-0.05, 0) is 24.3 Å². The SMILES string of the molecule is Nc1ncnc2c1ncn2CC(O)COc1ccc(Cl)cc1. The van der Waals surface area contributed by atoms with Gasteiger partial charge in [0.25, 0.3) is 0 Å². The number of benzene rings is 1. The smallest absolute Gasteiger partial charge is 0.165 e. The van der Waals surface area contributed by atoms with Crippen LogP contribution in [0.1, 0.15) is 0 Å². The predicted molar refractivity (Wildman–Crippen MR) is 82.7 cm³/mol. The summed E-state index contributed by atoms with van der Waals surface area (Å²) in [4.78, 5) is 12.1. The van der Waals surface area contributed by atoms with E-state index >= 15 is 0 Å². The average molecular weight is 320 g/mol. The van der Waals surface area contributed by atoms with E-state index in [9.17, 15) is 5.11 Å². The molecule has 114 valence electrons. The predicted octanol–water partition coefficient (Wildman–Crippen LogP) is 1.50. The summed E-state index contributed by atoms with van der Waals surface area (Å²) in [6.45, 7) is 0.433. The third-order valence-electron chi connectivity index (χ3n) is 3.09. The van der Waals surface area contributed by atoms with Gasteiger partial charge in [0.1, 0.15) is 30.3 Å². The highest BCUT2D eigenvalue weighted by atomic mass is 35.5. The molecule has 0 aliphatic heterocycles. The number of hydrogen-bond donors (Lipinski definition) is 2. The number of nitrogens with two attached hydrogens (primary N) is 1. The van der Waals surface area contributed by atoms with Crippen molar-refractivity contribution in [1.82, 2.24) is 19.5 Å². The van der Waals surface area contributed by atoms with Gasteiger partial charge in [-0.25, -0.2) is 15.0 Å². The maximum atomic E-state index is 10.1. The summed E-state index contributed by atoms with van der Waals surface area (Å²) in [6, 6.07) is 6.95. The van der Waals surface area contributed by atoms with Gasteiger partial charge in [0.2, 0.25) is 0 Å². The van der Waals surface area contributed by atoms with Gasteiger partial charge in [-0.3, -0.25) is 0 Å². The van der Waals surface area contributed by atoms with Gasteiger partial charge in [-0.15, -0.1) is 0 Å². The van der Waals surface area contributed by atoms with E-state index in [1.807, 2.05) is 0 Å². The van der Waals surface area contributed by atoms with Crippen molar-refractivity contribution in [1.29, 1.82) is 0 Å². The number of halogens is 1. The molecule has 0 bridgehead atoms.